The van der Waals surface area contributed by atoms with Crippen LogP contribution in [0.3, 0.4) is 0 Å². The molecule has 0 saturated carbocycles. The van der Waals surface area contributed by atoms with Gasteiger partial charge in [-0.2, -0.15) is 0 Å². The molecule has 0 spiro atoms. The van der Waals surface area contributed by atoms with Crippen LogP contribution in [0.4, 0.5) is 5.69 Å². The Bertz CT molecular complexity index is 1050. The molecule has 0 aliphatic carbocycles. The highest BCUT2D eigenvalue weighted by atomic mass is 32.2. The van der Waals surface area contributed by atoms with Gasteiger partial charge >= 0.3 is 0 Å². The minimum atomic E-state index is -0.277. The summed E-state index contributed by atoms with van der Waals surface area (Å²) in [6.07, 6.45) is 2.01. The Morgan fingerprint density at radius 2 is 2.00 bits per heavy atom. The van der Waals surface area contributed by atoms with E-state index in [1.165, 1.54) is 17.8 Å². The number of hydrogen-bond donors (Lipinski definition) is 2. The van der Waals surface area contributed by atoms with E-state index in [4.69, 9.17) is 4.74 Å². The van der Waals surface area contributed by atoms with Crippen LogP contribution in [0.25, 0.3) is 0 Å². The molecule has 3 aromatic rings. The maximum absolute atomic E-state index is 12.4. The van der Waals surface area contributed by atoms with Crippen LogP contribution in [0.1, 0.15) is 11.3 Å². The van der Waals surface area contributed by atoms with Gasteiger partial charge in [0.25, 0.3) is 5.56 Å². The van der Waals surface area contributed by atoms with Crippen molar-refractivity contribution in [1.29, 1.82) is 0 Å². The molecule has 0 fully saturated rings. The number of carbonyl (C=O) groups is 1. The van der Waals surface area contributed by atoms with Gasteiger partial charge in [0.2, 0.25) is 5.91 Å². The second kappa shape index (κ2) is 10.2. The van der Waals surface area contributed by atoms with Gasteiger partial charge in [-0.3, -0.25) is 9.59 Å². The maximum Gasteiger partial charge on any atom is 0.251 e. The number of aromatic nitrogens is 2. The highest BCUT2D eigenvalue weighted by Crippen LogP contribution is 2.22. The molecule has 0 aliphatic heterocycles. The first-order valence-electron chi connectivity index (χ1n) is 8.85. The summed E-state index contributed by atoms with van der Waals surface area (Å²) in [5.74, 6) is 1.18. The Balaban J connectivity index is 1.64. The number of benzene rings is 2. The number of H-pyrrole nitrogens is 1. The minimum Gasteiger partial charge on any atom is -0.497 e. The first-order chi connectivity index (χ1) is 14.1. The highest BCUT2D eigenvalue weighted by molar-refractivity contribution is 7.98. The first kappa shape index (κ1) is 21.0. The van der Waals surface area contributed by atoms with Crippen molar-refractivity contribution >= 4 is 35.1 Å². The molecule has 150 valence electrons. The maximum atomic E-state index is 12.4. The van der Waals surface area contributed by atoms with Crippen molar-refractivity contribution in [2.45, 2.75) is 22.2 Å². The summed E-state index contributed by atoms with van der Waals surface area (Å²) < 4.78 is 5.22. The molecule has 6 nitrogen and oxygen atoms in total. The van der Waals surface area contributed by atoms with E-state index in [1.807, 2.05) is 54.8 Å². The molecule has 1 amide bonds. The molecular weight excluding hydrogens is 406 g/mol. The van der Waals surface area contributed by atoms with Crippen LogP contribution in [-0.4, -0.2) is 29.2 Å². The molecule has 8 heteroatoms. The monoisotopic (exact) mass is 427 g/mol. The summed E-state index contributed by atoms with van der Waals surface area (Å²) in [4.78, 5) is 32.5. The lowest BCUT2D eigenvalue weighted by Gasteiger charge is -2.07. The molecular formula is C21H21N3O3S2. The van der Waals surface area contributed by atoms with Crippen LogP contribution in [0.2, 0.25) is 0 Å². The number of hydrogen-bond acceptors (Lipinski definition) is 6. The van der Waals surface area contributed by atoms with Gasteiger partial charge in [-0.15, -0.1) is 11.8 Å². The number of rotatable bonds is 8. The molecule has 1 heterocycles. The van der Waals surface area contributed by atoms with Gasteiger partial charge in [-0.1, -0.05) is 30.0 Å². The Morgan fingerprint density at radius 3 is 2.79 bits per heavy atom. The fourth-order valence-electron chi connectivity index (χ4n) is 2.63. The lowest BCUT2D eigenvalue weighted by atomic mass is 10.2. The zero-order chi connectivity index (χ0) is 20.6. The molecule has 0 saturated heterocycles. The van der Waals surface area contributed by atoms with Crippen molar-refractivity contribution in [1.82, 2.24) is 9.97 Å². The third kappa shape index (κ3) is 6.40. The molecule has 0 unspecified atom stereocenters. The topological polar surface area (TPSA) is 84.1 Å². The number of anilines is 1. The molecule has 0 radical (unpaired) electrons. The molecule has 0 bridgehead atoms. The van der Waals surface area contributed by atoms with E-state index in [2.05, 4.69) is 15.3 Å². The number of aromatic amines is 1. The largest absolute Gasteiger partial charge is 0.497 e. The lowest BCUT2D eigenvalue weighted by Crippen LogP contribution is -2.18. The van der Waals surface area contributed by atoms with Crippen molar-refractivity contribution in [3.8, 4) is 5.75 Å². The smallest absolute Gasteiger partial charge is 0.251 e. The molecule has 29 heavy (non-hydrogen) atoms. The van der Waals surface area contributed by atoms with E-state index in [0.717, 1.165) is 21.9 Å². The molecule has 2 N–H and O–H groups in total. The molecule has 0 aliphatic rings. The second-order valence-corrected chi connectivity index (χ2v) is 7.98. The van der Waals surface area contributed by atoms with E-state index in [0.29, 0.717) is 16.6 Å². The van der Waals surface area contributed by atoms with Crippen molar-refractivity contribution in [3.63, 3.8) is 0 Å². The molecule has 1 aromatic heterocycles. The summed E-state index contributed by atoms with van der Waals surface area (Å²) in [5.41, 5.74) is 1.92. The van der Waals surface area contributed by atoms with Gasteiger partial charge in [0.15, 0.2) is 5.16 Å². The van der Waals surface area contributed by atoms with Crippen LogP contribution in [0.5, 0.6) is 5.75 Å². The van der Waals surface area contributed by atoms with Gasteiger partial charge in [0, 0.05) is 22.4 Å². The predicted octanol–water partition coefficient (Wildman–Crippen LogP) is 3.97. The summed E-state index contributed by atoms with van der Waals surface area (Å²) in [5, 5.41) is 3.33. The van der Waals surface area contributed by atoms with Gasteiger partial charge in [-0.05, 0) is 42.2 Å². The Hall–Kier alpha value is -2.71. The summed E-state index contributed by atoms with van der Waals surface area (Å²) in [6, 6.07) is 16.7. The molecule has 0 atom stereocenters. The number of carbonyl (C=O) groups excluding carboxylic acids is 1. The standard InChI is InChI=1S/C21H21N3O3S2/c1-27-17-7-3-5-14(9-17)13-29-21-23-16(12-20(26)24-21)11-19(25)22-15-6-4-8-18(10-15)28-2/h3-10,12H,11,13H2,1-2H3,(H,22,25)(H,23,24,26). The number of nitrogens with one attached hydrogen (secondary N) is 2. The van der Waals surface area contributed by atoms with Crippen LogP contribution in [0.15, 0.2) is 69.4 Å². The molecule has 3 rings (SSSR count). The van der Waals surface area contributed by atoms with Crippen molar-refractivity contribution in [3.05, 3.63) is 76.2 Å². The van der Waals surface area contributed by atoms with Crippen LogP contribution in [0, 0.1) is 0 Å². The quantitative estimate of drug-likeness (QED) is 0.418. The van der Waals surface area contributed by atoms with E-state index in [-0.39, 0.29) is 17.9 Å². The first-order valence-corrected chi connectivity index (χ1v) is 11.1. The van der Waals surface area contributed by atoms with Gasteiger partial charge in [0.05, 0.1) is 19.2 Å². The average Bonchev–Trinajstić information content (AvgIpc) is 2.72. The third-order valence-corrected chi connectivity index (χ3v) is 5.65. The van der Waals surface area contributed by atoms with E-state index >= 15 is 0 Å². The zero-order valence-corrected chi connectivity index (χ0v) is 17.7. The van der Waals surface area contributed by atoms with Gasteiger partial charge in [0.1, 0.15) is 5.75 Å². The normalized spacial score (nSPS) is 10.6. The second-order valence-electron chi connectivity index (χ2n) is 6.14. The Labute approximate surface area is 177 Å². The summed E-state index contributed by atoms with van der Waals surface area (Å²) in [7, 11) is 1.62. The number of amides is 1. The van der Waals surface area contributed by atoms with Crippen molar-refractivity contribution in [2.24, 2.45) is 0 Å². The fraction of sp³-hybridized carbons (Fsp3) is 0.190. The van der Waals surface area contributed by atoms with Gasteiger partial charge < -0.3 is 15.0 Å². The van der Waals surface area contributed by atoms with Gasteiger partial charge in [-0.25, -0.2) is 4.98 Å². The van der Waals surface area contributed by atoms with Crippen molar-refractivity contribution < 1.29 is 9.53 Å². The average molecular weight is 428 g/mol. The van der Waals surface area contributed by atoms with E-state index in [9.17, 15) is 9.59 Å². The summed E-state index contributed by atoms with van der Waals surface area (Å²) >= 11 is 3.00. The Morgan fingerprint density at radius 1 is 1.17 bits per heavy atom. The Kier molecular flexibility index (Phi) is 7.37. The van der Waals surface area contributed by atoms with Crippen LogP contribution < -0.4 is 15.6 Å². The van der Waals surface area contributed by atoms with E-state index < -0.39 is 0 Å². The highest BCUT2D eigenvalue weighted by Gasteiger charge is 2.09. The van der Waals surface area contributed by atoms with Crippen LogP contribution >= 0.6 is 23.5 Å². The number of ether oxygens (including phenoxy) is 1. The van der Waals surface area contributed by atoms with E-state index in [1.54, 1.807) is 18.9 Å². The minimum absolute atomic E-state index is 0.0279. The SMILES string of the molecule is COc1cccc(CSc2nc(CC(=O)Nc3cccc(SC)c3)cc(=O)[nH]2)c1. The number of methoxy groups -OCH3 is 1. The number of nitrogens with zero attached hydrogens (tertiary/aromatic N) is 1. The lowest BCUT2D eigenvalue weighted by molar-refractivity contribution is -0.115. The fourth-order valence-corrected chi connectivity index (χ4v) is 3.92. The van der Waals surface area contributed by atoms with Crippen LogP contribution in [-0.2, 0) is 17.0 Å². The zero-order valence-electron chi connectivity index (χ0n) is 16.1. The third-order valence-electron chi connectivity index (χ3n) is 3.98. The predicted molar refractivity (Wildman–Crippen MR) is 118 cm³/mol. The number of thioether (sulfide) groups is 2. The van der Waals surface area contributed by atoms with Crippen molar-refractivity contribution in [2.75, 3.05) is 18.7 Å². The molecule has 2 aromatic carbocycles. The summed E-state index contributed by atoms with van der Waals surface area (Å²) in [6.45, 7) is 0.